The molecule has 3 aromatic rings. The van der Waals surface area contributed by atoms with Crippen molar-refractivity contribution < 1.29 is 4.74 Å². The highest BCUT2D eigenvalue weighted by molar-refractivity contribution is 9.10. The number of imidazole rings is 1. The summed E-state index contributed by atoms with van der Waals surface area (Å²) in [6.07, 6.45) is 1.90. The van der Waals surface area contributed by atoms with Gasteiger partial charge < -0.3 is 4.74 Å². The monoisotopic (exact) mass is 348 g/mol. The van der Waals surface area contributed by atoms with Gasteiger partial charge in [0.15, 0.2) is 5.65 Å². The molecule has 0 aliphatic carbocycles. The van der Waals surface area contributed by atoms with Gasteiger partial charge in [-0.2, -0.15) is 0 Å². The molecule has 0 radical (unpaired) electrons. The van der Waals surface area contributed by atoms with Crippen LogP contribution in [0.4, 0.5) is 0 Å². The van der Waals surface area contributed by atoms with Crippen molar-refractivity contribution in [3.8, 4) is 0 Å². The van der Waals surface area contributed by atoms with Gasteiger partial charge in [-0.15, -0.1) is 10.2 Å². The highest BCUT2D eigenvalue weighted by atomic mass is 79.9. The second-order valence-corrected chi connectivity index (χ2v) is 6.15. The molecule has 0 spiro atoms. The number of aromatic amines is 1. The van der Waals surface area contributed by atoms with Gasteiger partial charge in [-0.25, -0.2) is 4.79 Å². The van der Waals surface area contributed by atoms with Crippen molar-refractivity contribution in [3.63, 3.8) is 0 Å². The largest absolute Gasteiger partial charge is 0.379 e. The van der Waals surface area contributed by atoms with Crippen LogP contribution >= 0.6 is 15.9 Å². The summed E-state index contributed by atoms with van der Waals surface area (Å²) in [5, 5.41) is 9.21. The van der Waals surface area contributed by atoms with E-state index in [0.717, 1.165) is 40.3 Å². The molecule has 1 atom stereocenters. The average molecular weight is 349 g/mol. The summed E-state index contributed by atoms with van der Waals surface area (Å²) in [5.41, 5.74) is 1.95. The second-order valence-electron chi connectivity index (χ2n) is 5.23. The van der Waals surface area contributed by atoms with Gasteiger partial charge in [-0.1, -0.05) is 15.9 Å². The second kappa shape index (κ2) is 4.92. The lowest BCUT2D eigenvalue weighted by atomic mass is 10.1. The summed E-state index contributed by atoms with van der Waals surface area (Å²) in [4.78, 5) is 15.1. The topological polar surface area (TPSA) is 72.8 Å². The quantitative estimate of drug-likeness (QED) is 0.732. The molecule has 1 aliphatic rings. The average Bonchev–Trinajstić information content (AvgIpc) is 2.84. The number of H-pyrrole nitrogens is 1. The molecule has 0 bridgehead atoms. The smallest absolute Gasteiger partial charge is 0.328 e. The molecule has 0 unspecified atom stereocenters. The molecule has 2 aromatic heterocycles. The molecule has 0 amide bonds. The molecule has 3 heterocycles. The summed E-state index contributed by atoms with van der Waals surface area (Å²) in [6.45, 7) is 1.32. The van der Waals surface area contributed by atoms with Gasteiger partial charge in [0.1, 0.15) is 5.52 Å². The van der Waals surface area contributed by atoms with Crippen LogP contribution in [0.15, 0.2) is 27.5 Å². The maximum Gasteiger partial charge on any atom is 0.328 e. The normalized spacial score (nSPS) is 19.4. The summed E-state index contributed by atoms with van der Waals surface area (Å²) < 4.78 is 8.25. The minimum atomic E-state index is -0.151. The molecule has 0 saturated carbocycles. The lowest BCUT2D eigenvalue weighted by molar-refractivity contribution is 0.0595. The third-order valence-electron chi connectivity index (χ3n) is 3.88. The third-order valence-corrected chi connectivity index (χ3v) is 4.38. The Morgan fingerprint density at radius 2 is 2.29 bits per heavy atom. The fourth-order valence-corrected chi connectivity index (χ4v) is 3.29. The zero-order valence-corrected chi connectivity index (χ0v) is 12.8. The predicted octanol–water partition coefficient (Wildman–Crippen LogP) is 2.39. The minimum Gasteiger partial charge on any atom is -0.379 e. The van der Waals surface area contributed by atoms with E-state index in [4.69, 9.17) is 4.74 Å². The van der Waals surface area contributed by atoms with Crippen LogP contribution < -0.4 is 5.69 Å². The summed E-state index contributed by atoms with van der Waals surface area (Å²) in [5.74, 6) is 0. The van der Waals surface area contributed by atoms with E-state index in [1.54, 1.807) is 4.57 Å². The first-order chi connectivity index (χ1) is 10.2. The minimum absolute atomic E-state index is 0.0476. The van der Waals surface area contributed by atoms with Crippen molar-refractivity contribution in [2.45, 2.75) is 18.9 Å². The van der Waals surface area contributed by atoms with Gasteiger partial charge in [0, 0.05) is 16.5 Å². The van der Waals surface area contributed by atoms with E-state index in [1.807, 2.05) is 18.2 Å². The molecular weight excluding hydrogens is 336 g/mol. The number of benzene rings is 1. The van der Waals surface area contributed by atoms with Crippen LogP contribution in [0.2, 0.25) is 0 Å². The van der Waals surface area contributed by atoms with Crippen molar-refractivity contribution in [1.82, 2.24) is 19.7 Å². The van der Waals surface area contributed by atoms with Crippen LogP contribution in [-0.2, 0) is 4.74 Å². The van der Waals surface area contributed by atoms with E-state index < -0.39 is 0 Å². The van der Waals surface area contributed by atoms with Crippen molar-refractivity contribution >= 4 is 38.0 Å². The van der Waals surface area contributed by atoms with Gasteiger partial charge in [-0.3, -0.25) is 9.55 Å². The fourth-order valence-electron chi connectivity index (χ4n) is 2.93. The van der Waals surface area contributed by atoms with Crippen LogP contribution in [0.25, 0.3) is 22.1 Å². The molecule has 7 heteroatoms. The van der Waals surface area contributed by atoms with Gasteiger partial charge in [-0.05, 0) is 31.0 Å². The summed E-state index contributed by atoms with van der Waals surface area (Å²) >= 11 is 3.48. The van der Waals surface area contributed by atoms with Crippen molar-refractivity contribution in [3.05, 3.63) is 33.2 Å². The number of ether oxygens (including phenoxy) is 1. The Morgan fingerprint density at radius 1 is 1.38 bits per heavy atom. The Hall–Kier alpha value is -1.73. The number of nitrogens with zero attached hydrogens (tertiary/aromatic N) is 3. The van der Waals surface area contributed by atoms with E-state index in [1.165, 1.54) is 0 Å². The molecule has 108 valence electrons. The van der Waals surface area contributed by atoms with Gasteiger partial charge in [0.05, 0.1) is 18.2 Å². The molecule has 6 nitrogen and oxygen atoms in total. The molecule has 1 aliphatic heterocycles. The maximum absolute atomic E-state index is 12.3. The molecule has 1 aromatic carbocycles. The molecule has 1 fully saturated rings. The molecule has 21 heavy (non-hydrogen) atoms. The SMILES string of the molecule is O=c1[nH]c2nnc3ccc(Br)cc3c2n1[C@H]1CCCOC1. The number of rotatable bonds is 1. The van der Waals surface area contributed by atoms with E-state index in [-0.39, 0.29) is 11.7 Å². The van der Waals surface area contributed by atoms with Crippen LogP contribution in [-0.4, -0.2) is 33.0 Å². The lowest BCUT2D eigenvalue weighted by Crippen LogP contribution is -2.28. The molecule has 1 N–H and O–H groups in total. The van der Waals surface area contributed by atoms with Crippen molar-refractivity contribution in [1.29, 1.82) is 0 Å². The van der Waals surface area contributed by atoms with Gasteiger partial charge in [0.25, 0.3) is 0 Å². The Balaban J connectivity index is 2.06. The highest BCUT2D eigenvalue weighted by Gasteiger charge is 2.22. The van der Waals surface area contributed by atoms with Crippen molar-refractivity contribution in [2.75, 3.05) is 13.2 Å². The Morgan fingerprint density at radius 3 is 3.10 bits per heavy atom. The first-order valence-corrected chi connectivity index (χ1v) is 7.67. The zero-order valence-electron chi connectivity index (χ0n) is 11.2. The van der Waals surface area contributed by atoms with Crippen LogP contribution in [0.3, 0.4) is 0 Å². The maximum atomic E-state index is 12.3. The lowest BCUT2D eigenvalue weighted by Gasteiger charge is -2.23. The van der Waals surface area contributed by atoms with Crippen LogP contribution in [0, 0.1) is 0 Å². The highest BCUT2D eigenvalue weighted by Crippen LogP contribution is 2.27. The van der Waals surface area contributed by atoms with E-state index in [0.29, 0.717) is 12.3 Å². The fraction of sp³-hybridized carbons (Fsp3) is 0.357. The number of fused-ring (bicyclic) bond motifs is 3. The molecule has 4 rings (SSSR count). The van der Waals surface area contributed by atoms with Gasteiger partial charge >= 0.3 is 5.69 Å². The Labute approximate surface area is 128 Å². The van der Waals surface area contributed by atoms with Crippen LogP contribution in [0.1, 0.15) is 18.9 Å². The van der Waals surface area contributed by atoms with Gasteiger partial charge in [0.2, 0.25) is 0 Å². The number of halogens is 1. The van der Waals surface area contributed by atoms with Crippen LogP contribution in [0.5, 0.6) is 0 Å². The Bertz CT molecular complexity index is 880. The van der Waals surface area contributed by atoms with E-state index in [2.05, 4.69) is 31.1 Å². The molecule has 1 saturated heterocycles. The summed E-state index contributed by atoms with van der Waals surface area (Å²) in [7, 11) is 0. The molecular formula is C14H13BrN4O2. The van der Waals surface area contributed by atoms with Crippen molar-refractivity contribution in [2.24, 2.45) is 0 Å². The number of aromatic nitrogens is 4. The van der Waals surface area contributed by atoms with E-state index >= 15 is 0 Å². The first kappa shape index (κ1) is 13.0. The Kier molecular flexibility index (Phi) is 3.04. The van der Waals surface area contributed by atoms with E-state index in [9.17, 15) is 4.79 Å². The standard InChI is InChI=1S/C14H13BrN4O2/c15-8-3-4-11-10(6-8)12-13(18-17-11)16-14(20)19(12)9-2-1-5-21-7-9/h3-4,6,9H,1-2,5,7H2,(H,16,18,20)/t9-/m0/s1. The zero-order chi connectivity index (χ0) is 14.4. The number of nitrogens with one attached hydrogen (secondary N) is 1. The number of hydrogen-bond donors (Lipinski definition) is 1. The first-order valence-electron chi connectivity index (χ1n) is 6.88. The third kappa shape index (κ3) is 2.08. The predicted molar refractivity (Wildman–Crippen MR) is 82.4 cm³/mol. The number of hydrogen-bond acceptors (Lipinski definition) is 4. The summed E-state index contributed by atoms with van der Waals surface area (Å²) in [6, 6.07) is 5.83.